The normalized spacial score (nSPS) is 15.5. The molecule has 4 aromatic rings. The van der Waals surface area contributed by atoms with Gasteiger partial charge in [-0.15, -0.1) is 0 Å². The van der Waals surface area contributed by atoms with E-state index in [1.807, 2.05) is 29.1 Å². The second-order valence-corrected chi connectivity index (χ2v) is 9.48. The van der Waals surface area contributed by atoms with Gasteiger partial charge in [-0.25, -0.2) is 9.07 Å². The molecule has 1 fully saturated rings. The lowest BCUT2D eigenvalue weighted by Crippen LogP contribution is -2.45. The molecule has 1 N–H and O–H groups in total. The molecule has 0 bridgehead atoms. The minimum absolute atomic E-state index is 0.0164. The SMILES string of the molecule is Cc1ccc(CCNC(=O)C2CCCN(C(=O)c3cnn(-c4ccc(F)cc4)c3-n3cccc3)C2)cc1. The average molecular weight is 500 g/mol. The van der Waals surface area contributed by atoms with E-state index in [4.69, 9.17) is 0 Å². The number of nitrogens with zero attached hydrogens (tertiary/aromatic N) is 4. The van der Waals surface area contributed by atoms with Crippen LogP contribution in [-0.4, -0.2) is 50.7 Å². The molecule has 1 aliphatic heterocycles. The molecule has 0 aliphatic carbocycles. The summed E-state index contributed by atoms with van der Waals surface area (Å²) in [7, 11) is 0. The van der Waals surface area contributed by atoms with E-state index in [-0.39, 0.29) is 23.5 Å². The number of carbonyl (C=O) groups excluding carboxylic acids is 2. The summed E-state index contributed by atoms with van der Waals surface area (Å²) in [6.07, 6.45) is 7.51. The number of piperidine rings is 1. The molecule has 0 spiro atoms. The summed E-state index contributed by atoms with van der Waals surface area (Å²) in [5.74, 6) is -0.207. The molecule has 1 atom stereocenters. The Morgan fingerprint density at radius 2 is 1.78 bits per heavy atom. The van der Waals surface area contributed by atoms with Gasteiger partial charge >= 0.3 is 0 Å². The van der Waals surface area contributed by atoms with Crippen molar-refractivity contribution in [2.45, 2.75) is 26.2 Å². The van der Waals surface area contributed by atoms with E-state index >= 15 is 0 Å². The molecule has 2 aromatic carbocycles. The summed E-state index contributed by atoms with van der Waals surface area (Å²) in [4.78, 5) is 28.3. The summed E-state index contributed by atoms with van der Waals surface area (Å²) in [6.45, 7) is 3.56. The molecule has 2 amide bonds. The Bertz CT molecular complexity index is 1360. The number of rotatable bonds is 7. The maximum Gasteiger partial charge on any atom is 0.259 e. The van der Waals surface area contributed by atoms with Crippen molar-refractivity contribution in [3.05, 3.63) is 102 Å². The summed E-state index contributed by atoms with van der Waals surface area (Å²) < 4.78 is 17.0. The first-order valence-electron chi connectivity index (χ1n) is 12.6. The molecule has 1 unspecified atom stereocenters. The van der Waals surface area contributed by atoms with Crippen LogP contribution in [0.5, 0.6) is 0 Å². The van der Waals surface area contributed by atoms with Crippen molar-refractivity contribution < 1.29 is 14.0 Å². The van der Waals surface area contributed by atoms with Crippen LogP contribution in [0.3, 0.4) is 0 Å². The number of aromatic nitrogens is 3. The van der Waals surface area contributed by atoms with E-state index in [1.165, 1.54) is 23.3 Å². The van der Waals surface area contributed by atoms with Gasteiger partial charge in [-0.2, -0.15) is 5.10 Å². The third-order valence-corrected chi connectivity index (χ3v) is 6.81. The largest absolute Gasteiger partial charge is 0.355 e. The lowest BCUT2D eigenvalue weighted by molar-refractivity contribution is -0.126. The summed E-state index contributed by atoms with van der Waals surface area (Å²) >= 11 is 0. The maximum absolute atomic E-state index is 13.7. The Hall–Kier alpha value is -4.20. The molecule has 1 saturated heterocycles. The second-order valence-electron chi connectivity index (χ2n) is 9.48. The van der Waals surface area contributed by atoms with Crippen LogP contribution in [0, 0.1) is 18.7 Å². The molecule has 8 heteroatoms. The number of carbonyl (C=O) groups is 2. The van der Waals surface area contributed by atoms with E-state index in [0.717, 1.165) is 19.3 Å². The Morgan fingerprint density at radius 1 is 1.05 bits per heavy atom. The molecule has 1 aliphatic rings. The summed E-state index contributed by atoms with van der Waals surface area (Å²) in [6, 6.07) is 18.0. The number of aryl methyl sites for hydroxylation is 1. The minimum Gasteiger partial charge on any atom is -0.355 e. The molecule has 190 valence electrons. The number of likely N-dealkylation sites (tertiary alicyclic amines) is 1. The maximum atomic E-state index is 13.7. The predicted molar refractivity (Wildman–Crippen MR) is 139 cm³/mol. The standard InChI is InChI=1S/C29H30FN5O2/c1-21-6-8-22(9-7-21)14-15-31-27(36)23-5-4-18-34(20-23)29(37)26-19-32-35(25-12-10-24(30)11-13-25)28(26)33-16-2-3-17-33/h2-3,6-13,16-17,19,23H,4-5,14-15,18,20H2,1H3,(H,31,36). The van der Waals surface area contributed by atoms with Gasteiger partial charge in [-0.05, 0) is 68.1 Å². The third-order valence-electron chi connectivity index (χ3n) is 6.81. The molecule has 2 aromatic heterocycles. The van der Waals surface area contributed by atoms with Crippen LogP contribution in [0.15, 0.2) is 79.3 Å². The highest BCUT2D eigenvalue weighted by Gasteiger charge is 2.31. The molecular weight excluding hydrogens is 469 g/mol. The zero-order valence-electron chi connectivity index (χ0n) is 20.8. The van der Waals surface area contributed by atoms with E-state index in [1.54, 1.807) is 27.9 Å². The van der Waals surface area contributed by atoms with E-state index in [2.05, 4.69) is 41.6 Å². The Kier molecular flexibility index (Phi) is 7.16. The highest BCUT2D eigenvalue weighted by Crippen LogP contribution is 2.24. The van der Waals surface area contributed by atoms with E-state index in [9.17, 15) is 14.0 Å². The Labute approximate surface area is 215 Å². The quantitative estimate of drug-likeness (QED) is 0.412. The van der Waals surface area contributed by atoms with Gasteiger partial charge in [0, 0.05) is 32.0 Å². The topological polar surface area (TPSA) is 72.2 Å². The Balaban J connectivity index is 1.29. The van der Waals surface area contributed by atoms with Gasteiger partial charge in [0.1, 0.15) is 11.4 Å². The predicted octanol–water partition coefficient (Wildman–Crippen LogP) is 4.32. The van der Waals surface area contributed by atoms with Gasteiger partial charge in [0.25, 0.3) is 5.91 Å². The van der Waals surface area contributed by atoms with Gasteiger partial charge in [0.15, 0.2) is 5.82 Å². The number of hydrogen-bond acceptors (Lipinski definition) is 3. The summed E-state index contributed by atoms with van der Waals surface area (Å²) in [5, 5.41) is 7.51. The van der Waals surface area contributed by atoms with Gasteiger partial charge in [0.05, 0.1) is 17.8 Å². The monoisotopic (exact) mass is 499 g/mol. The van der Waals surface area contributed by atoms with Crippen molar-refractivity contribution in [2.75, 3.05) is 19.6 Å². The fraction of sp³-hybridized carbons (Fsp3) is 0.276. The van der Waals surface area contributed by atoms with Crippen LogP contribution in [-0.2, 0) is 11.2 Å². The van der Waals surface area contributed by atoms with Crippen molar-refractivity contribution in [1.29, 1.82) is 0 Å². The van der Waals surface area contributed by atoms with Crippen LogP contribution < -0.4 is 5.32 Å². The van der Waals surface area contributed by atoms with Crippen LogP contribution in [0.2, 0.25) is 0 Å². The van der Waals surface area contributed by atoms with Gasteiger partial charge in [-0.1, -0.05) is 29.8 Å². The van der Waals surface area contributed by atoms with Crippen LogP contribution in [0.25, 0.3) is 11.5 Å². The highest BCUT2D eigenvalue weighted by molar-refractivity contribution is 5.97. The zero-order valence-corrected chi connectivity index (χ0v) is 20.8. The first kappa shape index (κ1) is 24.5. The van der Waals surface area contributed by atoms with Crippen molar-refractivity contribution in [3.63, 3.8) is 0 Å². The lowest BCUT2D eigenvalue weighted by atomic mass is 9.96. The minimum atomic E-state index is -0.341. The van der Waals surface area contributed by atoms with Crippen molar-refractivity contribution in [3.8, 4) is 11.5 Å². The molecule has 0 saturated carbocycles. The zero-order chi connectivity index (χ0) is 25.8. The number of amides is 2. The number of benzene rings is 2. The fourth-order valence-electron chi connectivity index (χ4n) is 4.76. The van der Waals surface area contributed by atoms with Gasteiger partial charge in [-0.3, -0.25) is 9.59 Å². The van der Waals surface area contributed by atoms with Crippen LogP contribution in [0.4, 0.5) is 4.39 Å². The summed E-state index contributed by atoms with van der Waals surface area (Å²) in [5.41, 5.74) is 3.47. The molecule has 7 nitrogen and oxygen atoms in total. The fourth-order valence-corrected chi connectivity index (χ4v) is 4.76. The number of halogens is 1. The molecule has 37 heavy (non-hydrogen) atoms. The molecule has 0 radical (unpaired) electrons. The Morgan fingerprint density at radius 3 is 2.51 bits per heavy atom. The van der Waals surface area contributed by atoms with Crippen molar-refractivity contribution in [1.82, 2.24) is 24.6 Å². The average Bonchev–Trinajstić information content (AvgIpc) is 3.60. The molecular formula is C29H30FN5O2. The molecule has 3 heterocycles. The van der Waals surface area contributed by atoms with Crippen molar-refractivity contribution in [2.24, 2.45) is 5.92 Å². The number of nitrogens with one attached hydrogen (secondary N) is 1. The second kappa shape index (κ2) is 10.8. The first-order valence-corrected chi connectivity index (χ1v) is 12.6. The van der Waals surface area contributed by atoms with E-state index < -0.39 is 0 Å². The first-order chi connectivity index (χ1) is 18.0. The van der Waals surface area contributed by atoms with Crippen molar-refractivity contribution >= 4 is 11.8 Å². The molecule has 5 rings (SSSR count). The smallest absolute Gasteiger partial charge is 0.259 e. The third kappa shape index (κ3) is 5.48. The number of hydrogen-bond donors (Lipinski definition) is 1. The van der Waals surface area contributed by atoms with E-state index in [0.29, 0.717) is 36.7 Å². The van der Waals surface area contributed by atoms with Gasteiger partial charge < -0.3 is 14.8 Å². The lowest BCUT2D eigenvalue weighted by Gasteiger charge is -2.32. The van der Waals surface area contributed by atoms with Crippen LogP contribution in [0.1, 0.15) is 34.3 Å². The van der Waals surface area contributed by atoms with Crippen LogP contribution >= 0.6 is 0 Å². The highest BCUT2D eigenvalue weighted by atomic mass is 19.1. The van der Waals surface area contributed by atoms with Gasteiger partial charge in [0.2, 0.25) is 5.91 Å².